The van der Waals surface area contributed by atoms with Crippen molar-refractivity contribution in [2.75, 3.05) is 13.1 Å². The molecular weight excluding hydrogens is 518 g/mol. The van der Waals surface area contributed by atoms with E-state index in [1.165, 1.54) is 11.0 Å². The van der Waals surface area contributed by atoms with Gasteiger partial charge in [0, 0.05) is 37.8 Å². The highest BCUT2D eigenvalue weighted by molar-refractivity contribution is 6.02. The molecule has 0 radical (unpaired) electrons. The molecule has 1 aliphatic carbocycles. The Kier molecular flexibility index (Phi) is 5.43. The summed E-state index contributed by atoms with van der Waals surface area (Å²) in [5.74, 6) is -7.55. The van der Waals surface area contributed by atoms with E-state index in [1.54, 1.807) is 12.1 Å². The number of halogens is 2. The molecule has 4 unspecified atom stereocenters. The normalized spacial score (nSPS) is 32.2. The number of rotatable bonds is 4. The Bertz CT molecular complexity index is 1330. The van der Waals surface area contributed by atoms with Crippen LogP contribution in [0, 0.1) is 0 Å². The van der Waals surface area contributed by atoms with Crippen molar-refractivity contribution >= 4 is 29.6 Å². The predicted octanol–water partition coefficient (Wildman–Crippen LogP) is -2.27. The molecule has 39 heavy (non-hydrogen) atoms. The van der Waals surface area contributed by atoms with Gasteiger partial charge in [0.15, 0.2) is 17.6 Å². The zero-order chi connectivity index (χ0) is 27.9. The highest BCUT2D eigenvalue weighted by Gasteiger charge is 2.73. The average Bonchev–Trinajstić information content (AvgIpc) is 3.46. The molecule has 4 aliphatic heterocycles. The van der Waals surface area contributed by atoms with E-state index in [4.69, 9.17) is 11.5 Å². The Morgan fingerprint density at radius 1 is 1.15 bits per heavy atom. The first-order chi connectivity index (χ1) is 18.3. The molecule has 4 heterocycles. The quantitative estimate of drug-likeness (QED) is 0.178. The summed E-state index contributed by atoms with van der Waals surface area (Å²) in [7, 11) is 0. The summed E-state index contributed by atoms with van der Waals surface area (Å²) in [5.41, 5.74) is 11.2. The number of hydrogen-bond acceptors (Lipinski definition) is 11. The predicted molar refractivity (Wildman–Crippen MR) is 131 cm³/mol. The third-order valence-corrected chi connectivity index (χ3v) is 8.34. The van der Waals surface area contributed by atoms with Crippen LogP contribution in [-0.2, 0) is 22.4 Å². The van der Waals surface area contributed by atoms with Crippen molar-refractivity contribution in [3.05, 3.63) is 34.9 Å². The first-order valence-electron chi connectivity index (χ1n) is 12.6. The van der Waals surface area contributed by atoms with Crippen LogP contribution in [0.1, 0.15) is 40.7 Å². The van der Waals surface area contributed by atoms with Crippen LogP contribution in [-0.4, -0.2) is 98.2 Å². The number of guanidine groups is 2. The van der Waals surface area contributed by atoms with E-state index in [0.29, 0.717) is 5.56 Å². The van der Waals surface area contributed by atoms with Gasteiger partial charge in [-0.05, 0) is 23.6 Å². The summed E-state index contributed by atoms with van der Waals surface area (Å²) < 4.78 is 28.4. The smallest absolute Gasteiger partial charge is 0.252 e. The van der Waals surface area contributed by atoms with Gasteiger partial charge in [0.05, 0.1) is 12.6 Å². The van der Waals surface area contributed by atoms with Crippen molar-refractivity contribution in [3.8, 4) is 0 Å². The molecule has 0 bridgehead atoms. The maximum absolute atomic E-state index is 14.2. The maximum Gasteiger partial charge on any atom is 0.252 e. The van der Waals surface area contributed by atoms with Crippen molar-refractivity contribution in [2.45, 2.75) is 67.6 Å². The SMILES string of the molecule is NC1=NC2C(CN3C(=O)CCC3=O)N=C(N)N3CC(NC(=O)c4cccc5c4CC(F)(F)CC5)C(O)(O)C23N1. The number of aryl methyl sites for hydroxylation is 1. The van der Waals surface area contributed by atoms with E-state index < -0.39 is 47.8 Å². The second-order valence-corrected chi connectivity index (χ2v) is 10.6. The van der Waals surface area contributed by atoms with Gasteiger partial charge in [-0.3, -0.25) is 19.3 Å². The first-order valence-corrected chi connectivity index (χ1v) is 12.6. The number of carbonyl (C=O) groups excluding carboxylic acids is 3. The summed E-state index contributed by atoms with van der Waals surface area (Å²) in [6, 6.07) is 1.25. The molecule has 1 aromatic rings. The van der Waals surface area contributed by atoms with Gasteiger partial charge in [-0.25, -0.2) is 18.8 Å². The molecule has 8 N–H and O–H groups in total. The highest BCUT2D eigenvalue weighted by atomic mass is 19.3. The van der Waals surface area contributed by atoms with Crippen molar-refractivity contribution in [3.63, 3.8) is 0 Å². The number of nitrogens with one attached hydrogen (secondary N) is 2. The number of nitrogens with two attached hydrogens (primary N) is 2. The monoisotopic (exact) mass is 546 g/mol. The van der Waals surface area contributed by atoms with Crippen LogP contribution in [0.15, 0.2) is 28.2 Å². The van der Waals surface area contributed by atoms with Gasteiger partial charge in [-0.1, -0.05) is 12.1 Å². The van der Waals surface area contributed by atoms with Gasteiger partial charge in [0.1, 0.15) is 12.1 Å². The van der Waals surface area contributed by atoms with Crippen LogP contribution in [0.3, 0.4) is 0 Å². The number of hydrogen-bond donors (Lipinski definition) is 6. The molecule has 4 atom stereocenters. The molecule has 2 saturated heterocycles. The second kappa shape index (κ2) is 8.32. The van der Waals surface area contributed by atoms with Crippen molar-refractivity contribution in [1.82, 2.24) is 20.4 Å². The van der Waals surface area contributed by atoms with Crippen LogP contribution < -0.4 is 22.1 Å². The molecular formula is C24H28F2N8O5. The van der Waals surface area contributed by atoms with E-state index >= 15 is 0 Å². The van der Waals surface area contributed by atoms with Crippen LogP contribution in [0.2, 0.25) is 0 Å². The summed E-state index contributed by atoms with van der Waals surface area (Å²) >= 11 is 0. The minimum Gasteiger partial charge on any atom is -0.370 e. The van der Waals surface area contributed by atoms with Gasteiger partial charge in [-0.15, -0.1) is 0 Å². The van der Waals surface area contributed by atoms with Gasteiger partial charge in [0.25, 0.3) is 11.8 Å². The zero-order valence-corrected chi connectivity index (χ0v) is 20.7. The highest BCUT2D eigenvalue weighted by Crippen LogP contribution is 2.45. The number of fused-ring (bicyclic) bond motifs is 1. The van der Waals surface area contributed by atoms with E-state index in [0.717, 1.165) is 4.90 Å². The molecule has 2 fully saturated rings. The molecule has 0 aromatic heterocycles. The fourth-order valence-electron chi connectivity index (χ4n) is 6.44. The topological polar surface area (TPSA) is 199 Å². The standard InChI is InChI=1S/C24H28F2N8O5/c25-22(26)7-6-11-2-1-3-12(13(11)8-22)19(37)30-15-10-34-21(28)29-14(9-33-16(35)4-5-17(33)36)18-23(34,24(15,38)39)32-20(27)31-18/h1-3,14-15,18,38-39H,4-10H2,(H2,28,29)(H,30,37)(H3,27,31,32). The number of likely N-dealkylation sites (tertiary alicyclic amines) is 1. The van der Waals surface area contributed by atoms with Crippen LogP contribution in [0.25, 0.3) is 0 Å². The Balaban J connectivity index is 1.31. The first kappa shape index (κ1) is 25.4. The molecule has 5 aliphatic rings. The Morgan fingerprint density at radius 2 is 1.87 bits per heavy atom. The maximum atomic E-state index is 14.2. The van der Waals surface area contributed by atoms with E-state index in [2.05, 4.69) is 20.6 Å². The van der Waals surface area contributed by atoms with Crippen LogP contribution >= 0.6 is 0 Å². The van der Waals surface area contributed by atoms with Crippen LogP contribution in [0.4, 0.5) is 8.78 Å². The number of nitrogens with zero attached hydrogens (tertiary/aromatic N) is 4. The number of aliphatic imine (C=N–C) groups is 2. The minimum absolute atomic E-state index is 0.0160. The molecule has 0 saturated carbocycles. The van der Waals surface area contributed by atoms with Gasteiger partial charge in [-0.2, -0.15) is 0 Å². The number of amides is 3. The lowest BCUT2D eigenvalue weighted by Crippen LogP contribution is -2.78. The summed E-state index contributed by atoms with van der Waals surface area (Å²) in [4.78, 5) is 48.9. The molecule has 6 rings (SSSR count). The summed E-state index contributed by atoms with van der Waals surface area (Å²) in [6.07, 6.45) is -0.678. The van der Waals surface area contributed by atoms with Gasteiger partial charge >= 0.3 is 0 Å². The number of alkyl halides is 2. The third-order valence-electron chi connectivity index (χ3n) is 8.34. The number of aliphatic hydroxyl groups is 2. The molecule has 1 spiro atoms. The Morgan fingerprint density at radius 3 is 2.59 bits per heavy atom. The third kappa shape index (κ3) is 3.66. The molecule has 208 valence electrons. The lowest BCUT2D eigenvalue weighted by atomic mass is 9.84. The zero-order valence-electron chi connectivity index (χ0n) is 20.7. The lowest BCUT2D eigenvalue weighted by molar-refractivity contribution is -0.230. The Hall–Kier alpha value is -3.85. The summed E-state index contributed by atoms with van der Waals surface area (Å²) in [5, 5.41) is 28.5. The van der Waals surface area contributed by atoms with Crippen LogP contribution in [0.5, 0.6) is 0 Å². The molecule has 13 nitrogen and oxygen atoms in total. The van der Waals surface area contributed by atoms with Crippen molar-refractivity contribution in [1.29, 1.82) is 0 Å². The van der Waals surface area contributed by atoms with E-state index in [-0.39, 0.29) is 73.6 Å². The average molecular weight is 547 g/mol. The molecule has 15 heteroatoms. The van der Waals surface area contributed by atoms with Crippen molar-refractivity contribution in [2.24, 2.45) is 21.5 Å². The second-order valence-electron chi connectivity index (χ2n) is 10.6. The van der Waals surface area contributed by atoms with Gasteiger partial charge < -0.3 is 37.2 Å². The van der Waals surface area contributed by atoms with E-state index in [9.17, 15) is 33.4 Å². The Labute approximate surface area is 220 Å². The van der Waals surface area contributed by atoms with Crippen molar-refractivity contribution < 1.29 is 33.4 Å². The van der Waals surface area contributed by atoms with Gasteiger partial charge in [0.2, 0.25) is 17.6 Å². The number of imide groups is 1. The minimum atomic E-state index is -2.96. The lowest BCUT2D eigenvalue weighted by Gasteiger charge is -2.49. The fraction of sp³-hybridized carbons (Fsp3) is 0.542. The number of carbonyl (C=O) groups is 3. The molecule has 3 amide bonds. The fourth-order valence-corrected chi connectivity index (χ4v) is 6.44. The van der Waals surface area contributed by atoms with E-state index in [1.807, 2.05) is 0 Å². The molecule has 1 aromatic carbocycles. The number of benzene rings is 1. The largest absolute Gasteiger partial charge is 0.370 e. The summed E-state index contributed by atoms with van der Waals surface area (Å²) in [6.45, 7) is -0.436.